The molecule has 0 spiro atoms. The number of thiophene rings is 1. The third kappa shape index (κ3) is 1.30. The van der Waals surface area contributed by atoms with Crippen LogP contribution in [0.5, 0.6) is 0 Å². The summed E-state index contributed by atoms with van der Waals surface area (Å²) in [6.45, 7) is 0. The minimum Gasteiger partial charge on any atom is -0.477 e. The maximum Gasteiger partial charge on any atom is 0.346 e. The maximum absolute atomic E-state index is 10.4. The predicted octanol–water partition coefficient (Wildman–Crippen LogP) is 2.19. The molecule has 0 aliphatic rings. The van der Waals surface area contributed by atoms with Crippen LogP contribution in [0.3, 0.4) is 0 Å². The summed E-state index contributed by atoms with van der Waals surface area (Å²) in [5, 5.41) is 10.3. The summed E-state index contributed by atoms with van der Waals surface area (Å²) >= 11 is 6.66. The summed E-state index contributed by atoms with van der Waals surface area (Å²) in [7, 11) is 0. The van der Waals surface area contributed by atoms with Gasteiger partial charge >= 0.3 is 5.97 Å². The van der Waals surface area contributed by atoms with Crippen LogP contribution in [0.15, 0.2) is 11.4 Å². The fourth-order valence-electron chi connectivity index (χ4n) is 0.629. The van der Waals surface area contributed by atoms with Crippen molar-refractivity contribution in [3.8, 4) is 0 Å². The van der Waals surface area contributed by atoms with Gasteiger partial charge in [0.15, 0.2) is 0 Å². The van der Waals surface area contributed by atoms with Crippen molar-refractivity contribution in [2.45, 2.75) is 5.88 Å². The fraction of sp³-hybridized carbons (Fsp3) is 0.167. The molecule has 1 aromatic heterocycles. The van der Waals surface area contributed by atoms with Gasteiger partial charge in [0, 0.05) is 5.88 Å². The van der Waals surface area contributed by atoms with Crippen LogP contribution < -0.4 is 0 Å². The molecule has 0 saturated carbocycles. The summed E-state index contributed by atoms with van der Waals surface area (Å²) in [6.07, 6.45) is 0. The molecule has 1 heterocycles. The van der Waals surface area contributed by atoms with E-state index >= 15 is 0 Å². The van der Waals surface area contributed by atoms with Crippen LogP contribution in [0.1, 0.15) is 15.2 Å². The van der Waals surface area contributed by atoms with E-state index in [1.54, 1.807) is 11.4 Å². The van der Waals surface area contributed by atoms with Gasteiger partial charge in [-0.2, -0.15) is 0 Å². The van der Waals surface area contributed by atoms with Crippen LogP contribution in [0.25, 0.3) is 0 Å². The van der Waals surface area contributed by atoms with Crippen molar-refractivity contribution in [3.05, 3.63) is 21.9 Å². The fourth-order valence-corrected chi connectivity index (χ4v) is 1.69. The Bertz CT molecular complexity index is 244. The Morgan fingerprint density at radius 3 is 2.90 bits per heavy atom. The van der Waals surface area contributed by atoms with Gasteiger partial charge < -0.3 is 5.11 Å². The molecule has 0 fully saturated rings. The third-order valence-corrected chi connectivity index (χ3v) is 2.32. The number of hydrogen-bond donors (Lipinski definition) is 1. The Balaban J connectivity index is 3.01. The monoisotopic (exact) mass is 176 g/mol. The first-order chi connectivity index (χ1) is 4.75. The number of carboxylic acid groups (broad SMARTS) is 1. The highest BCUT2D eigenvalue weighted by molar-refractivity contribution is 7.12. The van der Waals surface area contributed by atoms with Crippen molar-refractivity contribution in [3.63, 3.8) is 0 Å². The minimum atomic E-state index is -0.898. The lowest BCUT2D eigenvalue weighted by Crippen LogP contribution is -1.94. The highest BCUT2D eigenvalue weighted by atomic mass is 35.5. The molecule has 0 saturated heterocycles. The van der Waals surface area contributed by atoms with E-state index < -0.39 is 5.97 Å². The van der Waals surface area contributed by atoms with Crippen molar-refractivity contribution in [2.24, 2.45) is 0 Å². The number of hydrogen-bond acceptors (Lipinski definition) is 2. The molecule has 0 bridgehead atoms. The zero-order chi connectivity index (χ0) is 7.56. The van der Waals surface area contributed by atoms with Gasteiger partial charge in [0.25, 0.3) is 0 Å². The molecule has 0 aliphatic heterocycles. The van der Waals surface area contributed by atoms with Crippen molar-refractivity contribution >= 4 is 28.9 Å². The Hall–Kier alpha value is -0.540. The van der Waals surface area contributed by atoms with Gasteiger partial charge in [0.2, 0.25) is 0 Å². The smallest absolute Gasteiger partial charge is 0.346 e. The lowest BCUT2D eigenvalue weighted by molar-refractivity contribution is 0.0701. The van der Waals surface area contributed by atoms with E-state index in [2.05, 4.69) is 0 Å². The average molecular weight is 177 g/mol. The molecule has 0 amide bonds. The first kappa shape index (κ1) is 7.57. The van der Waals surface area contributed by atoms with Gasteiger partial charge in [0.05, 0.1) is 0 Å². The molecule has 2 nitrogen and oxygen atoms in total. The molecule has 1 rings (SSSR count). The Labute approximate surface area is 67.1 Å². The van der Waals surface area contributed by atoms with E-state index in [0.717, 1.165) is 0 Å². The predicted molar refractivity (Wildman–Crippen MR) is 40.8 cm³/mol. The normalized spacial score (nSPS) is 9.70. The summed E-state index contributed by atoms with van der Waals surface area (Å²) in [6, 6.07) is 1.72. The van der Waals surface area contributed by atoms with Gasteiger partial charge in [-0.05, 0) is 17.0 Å². The minimum absolute atomic E-state index is 0.269. The molecule has 1 N–H and O–H groups in total. The van der Waals surface area contributed by atoms with Gasteiger partial charge in [-0.15, -0.1) is 22.9 Å². The second kappa shape index (κ2) is 3.03. The first-order valence-electron chi connectivity index (χ1n) is 2.61. The molecule has 0 unspecified atom stereocenters. The summed E-state index contributed by atoms with van der Waals surface area (Å²) in [5.74, 6) is -0.629. The van der Waals surface area contributed by atoms with E-state index in [9.17, 15) is 4.79 Å². The van der Waals surface area contributed by atoms with E-state index in [0.29, 0.717) is 10.4 Å². The Morgan fingerprint density at radius 1 is 1.80 bits per heavy atom. The number of carboxylic acids is 1. The number of carbonyl (C=O) groups is 1. The van der Waals surface area contributed by atoms with Crippen LogP contribution in [0.4, 0.5) is 0 Å². The van der Waals surface area contributed by atoms with E-state index in [1.165, 1.54) is 11.3 Å². The van der Waals surface area contributed by atoms with Gasteiger partial charge in [-0.25, -0.2) is 4.79 Å². The molecule has 0 radical (unpaired) electrons. The number of rotatable bonds is 2. The largest absolute Gasteiger partial charge is 0.477 e. The molecular weight excluding hydrogens is 172 g/mol. The average Bonchev–Trinajstić information content (AvgIpc) is 2.33. The SMILES string of the molecule is O=C(O)c1sccc1CCl. The zero-order valence-corrected chi connectivity index (χ0v) is 6.58. The molecular formula is C6H5ClO2S. The molecule has 0 atom stereocenters. The standard InChI is InChI=1S/C6H5ClO2S/c7-3-4-1-2-10-5(4)6(8)9/h1-2H,3H2,(H,8,9). The highest BCUT2D eigenvalue weighted by Gasteiger charge is 2.09. The number of aromatic carboxylic acids is 1. The van der Waals surface area contributed by atoms with Crippen molar-refractivity contribution in [2.75, 3.05) is 0 Å². The van der Waals surface area contributed by atoms with Gasteiger partial charge in [-0.3, -0.25) is 0 Å². The van der Waals surface area contributed by atoms with Crippen LogP contribution in [-0.4, -0.2) is 11.1 Å². The van der Waals surface area contributed by atoms with Crippen LogP contribution >= 0.6 is 22.9 Å². The van der Waals surface area contributed by atoms with Crippen LogP contribution in [-0.2, 0) is 5.88 Å². The Morgan fingerprint density at radius 2 is 2.50 bits per heavy atom. The van der Waals surface area contributed by atoms with E-state index in [1.807, 2.05) is 0 Å². The zero-order valence-electron chi connectivity index (χ0n) is 5.00. The summed E-state index contributed by atoms with van der Waals surface area (Å²) in [5.41, 5.74) is 0.694. The van der Waals surface area contributed by atoms with Gasteiger partial charge in [-0.1, -0.05) is 0 Å². The molecule has 0 aromatic carbocycles. The maximum atomic E-state index is 10.4. The molecule has 54 valence electrons. The number of alkyl halides is 1. The van der Waals surface area contributed by atoms with Crippen LogP contribution in [0, 0.1) is 0 Å². The second-order valence-electron chi connectivity index (χ2n) is 1.71. The third-order valence-electron chi connectivity index (χ3n) is 1.08. The van der Waals surface area contributed by atoms with E-state index in [4.69, 9.17) is 16.7 Å². The first-order valence-corrected chi connectivity index (χ1v) is 4.02. The molecule has 0 aliphatic carbocycles. The molecule has 1 aromatic rings. The van der Waals surface area contributed by atoms with E-state index in [-0.39, 0.29) is 5.88 Å². The van der Waals surface area contributed by atoms with Crippen LogP contribution in [0.2, 0.25) is 0 Å². The summed E-state index contributed by atoms with van der Waals surface area (Å²) < 4.78 is 0. The number of halogens is 1. The highest BCUT2D eigenvalue weighted by Crippen LogP contribution is 2.17. The molecule has 10 heavy (non-hydrogen) atoms. The lowest BCUT2D eigenvalue weighted by Gasteiger charge is -1.90. The lowest BCUT2D eigenvalue weighted by atomic mass is 10.3. The van der Waals surface area contributed by atoms with Crippen molar-refractivity contribution < 1.29 is 9.90 Å². The second-order valence-corrected chi connectivity index (χ2v) is 2.90. The van der Waals surface area contributed by atoms with Crippen molar-refractivity contribution in [1.82, 2.24) is 0 Å². The quantitative estimate of drug-likeness (QED) is 0.702. The molecule has 4 heteroatoms. The van der Waals surface area contributed by atoms with Gasteiger partial charge in [0.1, 0.15) is 4.88 Å². The topological polar surface area (TPSA) is 37.3 Å². The summed E-state index contributed by atoms with van der Waals surface area (Å²) in [4.78, 5) is 10.7. The van der Waals surface area contributed by atoms with Crippen molar-refractivity contribution in [1.29, 1.82) is 0 Å². The Kier molecular flexibility index (Phi) is 2.29.